The number of benzene rings is 3. The van der Waals surface area contributed by atoms with E-state index in [9.17, 15) is 4.79 Å². The van der Waals surface area contributed by atoms with Gasteiger partial charge in [-0.3, -0.25) is 4.79 Å². The number of para-hydroxylation sites is 1. The van der Waals surface area contributed by atoms with Crippen LogP contribution in [0.1, 0.15) is 40.1 Å². The molecule has 0 saturated carbocycles. The van der Waals surface area contributed by atoms with Gasteiger partial charge < -0.3 is 14.6 Å². The van der Waals surface area contributed by atoms with E-state index in [1.807, 2.05) is 54.3 Å². The van der Waals surface area contributed by atoms with E-state index in [0.29, 0.717) is 23.7 Å². The first-order valence-electron chi connectivity index (χ1n) is 10.5. The van der Waals surface area contributed by atoms with Crippen molar-refractivity contribution in [3.05, 3.63) is 100 Å². The zero-order chi connectivity index (χ0) is 21.4. The Bertz CT molecular complexity index is 1250. The predicted octanol–water partition coefficient (Wildman–Crippen LogP) is 6.01. The molecule has 0 fully saturated rings. The van der Waals surface area contributed by atoms with Crippen molar-refractivity contribution in [1.29, 1.82) is 0 Å². The summed E-state index contributed by atoms with van der Waals surface area (Å²) in [5.74, 6) is 0.761. The highest BCUT2D eigenvalue weighted by Gasteiger charge is 2.35. The van der Waals surface area contributed by atoms with E-state index < -0.39 is 0 Å². The topological polar surface area (TPSA) is 45.3 Å². The molecule has 0 bridgehead atoms. The smallest absolute Gasteiger partial charge is 0.256 e. The molecule has 0 spiro atoms. The second kappa shape index (κ2) is 8.12. The van der Waals surface area contributed by atoms with Crippen LogP contribution in [0.3, 0.4) is 0 Å². The van der Waals surface area contributed by atoms with Crippen LogP contribution in [0, 0.1) is 0 Å². The van der Waals surface area contributed by atoms with E-state index >= 15 is 0 Å². The first kappa shape index (κ1) is 19.7. The SMILES string of the molecule is CCOc1ccc(C2c3[nH]c4ccccc4c3CCN2C(=O)c2ccccc2Cl)cc1. The van der Waals surface area contributed by atoms with Gasteiger partial charge in [-0.05, 0) is 54.8 Å². The minimum atomic E-state index is -0.226. The number of carbonyl (C=O) groups is 1. The predicted molar refractivity (Wildman–Crippen MR) is 124 cm³/mol. The number of nitrogens with one attached hydrogen (secondary N) is 1. The van der Waals surface area contributed by atoms with Gasteiger partial charge in [0.2, 0.25) is 0 Å². The van der Waals surface area contributed by atoms with Gasteiger partial charge in [0.15, 0.2) is 0 Å². The minimum Gasteiger partial charge on any atom is -0.494 e. The van der Waals surface area contributed by atoms with E-state index in [4.69, 9.17) is 16.3 Å². The molecule has 1 aromatic heterocycles. The van der Waals surface area contributed by atoms with Crippen LogP contribution >= 0.6 is 11.6 Å². The van der Waals surface area contributed by atoms with Gasteiger partial charge >= 0.3 is 0 Å². The lowest BCUT2D eigenvalue weighted by atomic mass is 9.91. The summed E-state index contributed by atoms with van der Waals surface area (Å²) in [6, 6.07) is 23.4. The third-order valence-corrected chi connectivity index (χ3v) is 6.24. The maximum atomic E-state index is 13.6. The Hall–Kier alpha value is -3.24. The van der Waals surface area contributed by atoms with Gasteiger partial charge in [-0.2, -0.15) is 0 Å². The van der Waals surface area contributed by atoms with Crippen LogP contribution in [0.15, 0.2) is 72.8 Å². The van der Waals surface area contributed by atoms with Crippen LogP contribution < -0.4 is 4.74 Å². The summed E-state index contributed by atoms with van der Waals surface area (Å²) in [4.78, 5) is 19.1. The maximum absolute atomic E-state index is 13.6. The van der Waals surface area contributed by atoms with Gasteiger partial charge in [0.25, 0.3) is 5.91 Å². The Balaban J connectivity index is 1.64. The molecule has 1 aliphatic rings. The first-order valence-corrected chi connectivity index (χ1v) is 10.9. The normalized spacial score (nSPS) is 15.7. The summed E-state index contributed by atoms with van der Waals surface area (Å²) in [6.45, 7) is 3.21. The standard InChI is InChI=1S/C26H23ClN2O2/c1-2-31-18-13-11-17(12-14-18)25-24-20(19-7-4-6-10-23(19)28-24)15-16-29(25)26(30)21-8-3-5-9-22(21)27/h3-14,25,28H,2,15-16H2,1H3. The molecule has 4 aromatic rings. The quantitative estimate of drug-likeness (QED) is 0.431. The fourth-order valence-electron chi connectivity index (χ4n) is 4.51. The zero-order valence-electron chi connectivity index (χ0n) is 17.3. The summed E-state index contributed by atoms with van der Waals surface area (Å²) >= 11 is 6.38. The Morgan fingerprint density at radius 2 is 1.81 bits per heavy atom. The number of hydrogen-bond donors (Lipinski definition) is 1. The van der Waals surface area contributed by atoms with E-state index in [0.717, 1.165) is 28.9 Å². The largest absolute Gasteiger partial charge is 0.494 e. The number of nitrogens with zero attached hydrogens (tertiary/aromatic N) is 1. The third-order valence-electron chi connectivity index (χ3n) is 5.91. The molecule has 1 atom stereocenters. The molecule has 5 rings (SSSR count). The molecule has 5 heteroatoms. The lowest BCUT2D eigenvalue weighted by Gasteiger charge is -2.36. The van der Waals surface area contributed by atoms with E-state index in [1.54, 1.807) is 12.1 Å². The van der Waals surface area contributed by atoms with Gasteiger partial charge in [0.1, 0.15) is 5.75 Å². The van der Waals surface area contributed by atoms with Crippen molar-refractivity contribution in [2.75, 3.05) is 13.2 Å². The number of rotatable bonds is 4. The Morgan fingerprint density at radius 3 is 2.58 bits per heavy atom. The molecule has 4 nitrogen and oxygen atoms in total. The Kier molecular flexibility index (Phi) is 5.16. The molecule has 0 aliphatic carbocycles. The van der Waals surface area contributed by atoms with Crippen LogP contribution in [0.5, 0.6) is 5.75 Å². The van der Waals surface area contributed by atoms with E-state index in [2.05, 4.69) is 23.2 Å². The van der Waals surface area contributed by atoms with E-state index in [1.165, 1.54) is 10.9 Å². The van der Waals surface area contributed by atoms with Crippen LogP contribution in [0.25, 0.3) is 10.9 Å². The van der Waals surface area contributed by atoms with Gasteiger partial charge in [0.05, 0.1) is 23.2 Å². The zero-order valence-corrected chi connectivity index (χ0v) is 18.0. The number of ether oxygens (including phenoxy) is 1. The second-order valence-corrected chi connectivity index (χ2v) is 8.10. The molecule has 1 unspecified atom stereocenters. The first-order chi connectivity index (χ1) is 15.2. The molecule has 1 N–H and O–H groups in total. The van der Waals surface area contributed by atoms with Crippen LogP contribution in [-0.4, -0.2) is 28.9 Å². The number of hydrogen-bond acceptors (Lipinski definition) is 2. The highest BCUT2D eigenvalue weighted by molar-refractivity contribution is 6.33. The summed E-state index contributed by atoms with van der Waals surface area (Å²) in [5, 5.41) is 1.69. The van der Waals surface area contributed by atoms with Crippen LogP contribution in [0.4, 0.5) is 0 Å². The van der Waals surface area contributed by atoms with Crippen molar-refractivity contribution in [2.24, 2.45) is 0 Å². The molecule has 3 aromatic carbocycles. The number of aromatic nitrogens is 1. The van der Waals surface area contributed by atoms with Gasteiger partial charge in [0, 0.05) is 23.1 Å². The highest BCUT2D eigenvalue weighted by Crippen LogP contribution is 2.39. The second-order valence-electron chi connectivity index (χ2n) is 7.70. The van der Waals surface area contributed by atoms with Gasteiger partial charge in [-0.15, -0.1) is 0 Å². The lowest BCUT2D eigenvalue weighted by Crippen LogP contribution is -2.40. The molecule has 2 heterocycles. The highest BCUT2D eigenvalue weighted by atomic mass is 35.5. The van der Waals surface area contributed by atoms with Crippen molar-refractivity contribution >= 4 is 28.4 Å². The van der Waals surface area contributed by atoms with Crippen molar-refractivity contribution in [3.63, 3.8) is 0 Å². The molecule has 1 amide bonds. The van der Waals surface area contributed by atoms with Crippen molar-refractivity contribution in [3.8, 4) is 5.75 Å². The average molecular weight is 431 g/mol. The molecule has 0 radical (unpaired) electrons. The van der Waals surface area contributed by atoms with Crippen LogP contribution in [-0.2, 0) is 6.42 Å². The van der Waals surface area contributed by atoms with E-state index in [-0.39, 0.29) is 11.9 Å². The monoisotopic (exact) mass is 430 g/mol. The Morgan fingerprint density at radius 1 is 1.06 bits per heavy atom. The molecular weight excluding hydrogens is 408 g/mol. The van der Waals surface area contributed by atoms with Crippen LogP contribution in [0.2, 0.25) is 5.02 Å². The van der Waals surface area contributed by atoms with Crippen molar-refractivity contribution in [2.45, 2.75) is 19.4 Å². The molecule has 31 heavy (non-hydrogen) atoms. The fraction of sp³-hybridized carbons (Fsp3) is 0.192. The maximum Gasteiger partial charge on any atom is 0.256 e. The lowest BCUT2D eigenvalue weighted by molar-refractivity contribution is 0.0692. The number of amides is 1. The van der Waals surface area contributed by atoms with Crippen molar-refractivity contribution < 1.29 is 9.53 Å². The number of halogens is 1. The minimum absolute atomic E-state index is 0.0613. The summed E-state index contributed by atoms with van der Waals surface area (Å²) in [5.41, 5.74) is 5.00. The average Bonchev–Trinajstić information content (AvgIpc) is 3.18. The number of H-pyrrole nitrogens is 1. The van der Waals surface area contributed by atoms with Gasteiger partial charge in [-0.1, -0.05) is 54.1 Å². The Labute approximate surface area is 186 Å². The fourth-order valence-corrected chi connectivity index (χ4v) is 4.73. The summed E-state index contributed by atoms with van der Waals surface area (Å²) in [7, 11) is 0. The van der Waals surface area contributed by atoms with Crippen molar-refractivity contribution in [1.82, 2.24) is 9.88 Å². The number of carbonyl (C=O) groups excluding carboxylic acids is 1. The molecule has 156 valence electrons. The number of aromatic amines is 1. The summed E-state index contributed by atoms with van der Waals surface area (Å²) < 4.78 is 5.62. The molecular formula is C26H23ClN2O2. The summed E-state index contributed by atoms with van der Waals surface area (Å²) in [6.07, 6.45) is 0.795. The third kappa shape index (κ3) is 3.47. The molecule has 1 aliphatic heterocycles. The number of fused-ring (bicyclic) bond motifs is 3. The molecule has 0 saturated heterocycles. The van der Waals surface area contributed by atoms with Gasteiger partial charge in [-0.25, -0.2) is 0 Å².